The van der Waals surface area contributed by atoms with Crippen molar-refractivity contribution in [3.8, 4) is 11.5 Å². The van der Waals surface area contributed by atoms with Crippen molar-refractivity contribution in [2.45, 2.75) is 45.0 Å². The quantitative estimate of drug-likeness (QED) is 0.179. The van der Waals surface area contributed by atoms with E-state index in [1.807, 2.05) is 6.26 Å². The Morgan fingerprint density at radius 3 is 2.28 bits per heavy atom. The molecule has 2 aromatic rings. The molecule has 0 radical (unpaired) electrons. The summed E-state index contributed by atoms with van der Waals surface area (Å²) >= 11 is 1.45. The van der Waals surface area contributed by atoms with Crippen LogP contribution in [-0.2, 0) is 15.7 Å². The summed E-state index contributed by atoms with van der Waals surface area (Å²) in [5, 5.41) is 6.44. The van der Waals surface area contributed by atoms with E-state index >= 15 is 0 Å². The van der Waals surface area contributed by atoms with Crippen LogP contribution in [0.4, 0.5) is 18.0 Å². The second-order valence-electron chi connectivity index (χ2n) is 9.09. The van der Waals surface area contributed by atoms with Crippen LogP contribution in [0.25, 0.3) is 0 Å². The van der Waals surface area contributed by atoms with Crippen LogP contribution in [0.15, 0.2) is 47.6 Å². The van der Waals surface area contributed by atoms with Gasteiger partial charge in [-0.3, -0.25) is 9.59 Å². The van der Waals surface area contributed by atoms with Gasteiger partial charge in [0.15, 0.2) is 11.5 Å². The maximum absolute atomic E-state index is 12.8. The first-order valence-corrected chi connectivity index (χ1v) is 13.0. The predicted octanol–water partition coefficient (Wildman–Crippen LogP) is 5.03. The van der Waals surface area contributed by atoms with E-state index in [1.165, 1.54) is 37.2 Å². The molecule has 2 amide bonds. The number of amides is 2. The molecule has 2 aromatic carbocycles. The summed E-state index contributed by atoms with van der Waals surface area (Å²) in [5.41, 5.74) is 1.21. The summed E-state index contributed by atoms with van der Waals surface area (Å²) in [6.07, 6.45) is -2.01. The molecule has 2 rings (SSSR count). The number of halogens is 3. The highest BCUT2D eigenvalue weighted by molar-refractivity contribution is 7.98. The van der Waals surface area contributed by atoms with E-state index in [2.05, 4.69) is 15.8 Å². The SMILES string of the molecule is COc1cc(C=NNC(=O)C(CCSC)NC(=O)c2ccc(C(F)(F)F)cc2)ccc1OC(=O)OC(C)(C)C. The maximum atomic E-state index is 12.8. The van der Waals surface area contributed by atoms with Crippen molar-refractivity contribution in [2.75, 3.05) is 19.1 Å². The first-order valence-electron chi connectivity index (χ1n) is 11.6. The Labute approximate surface area is 228 Å². The summed E-state index contributed by atoms with van der Waals surface area (Å²) in [4.78, 5) is 37.2. The summed E-state index contributed by atoms with van der Waals surface area (Å²) in [7, 11) is 1.38. The molecule has 0 bridgehead atoms. The molecule has 0 aliphatic heterocycles. The molecule has 0 aliphatic rings. The van der Waals surface area contributed by atoms with Crippen LogP contribution >= 0.6 is 11.8 Å². The van der Waals surface area contributed by atoms with E-state index in [1.54, 1.807) is 26.8 Å². The van der Waals surface area contributed by atoms with Gasteiger partial charge in [-0.25, -0.2) is 10.2 Å². The topological polar surface area (TPSA) is 115 Å². The minimum absolute atomic E-state index is 0.0192. The van der Waals surface area contributed by atoms with Gasteiger partial charge < -0.3 is 19.5 Å². The normalized spacial score (nSPS) is 12.5. The van der Waals surface area contributed by atoms with Gasteiger partial charge in [0.1, 0.15) is 11.6 Å². The molecule has 0 heterocycles. The number of carbonyl (C=O) groups is 3. The second-order valence-corrected chi connectivity index (χ2v) is 10.1. The molecule has 1 atom stereocenters. The Bertz CT molecular complexity index is 1180. The molecule has 0 saturated heterocycles. The van der Waals surface area contributed by atoms with Gasteiger partial charge in [0.25, 0.3) is 11.8 Å². The Hall–Kier alpha value is -3.74. The summed E-state index contributed by atoms with van der Waals surface area (Å²) < 4.78 is 53.9. The van der Waals surface area contributed by atoms with Crippen LogP contribution in [0.2, 0.25) is 0 Å². The number of methoxy groups -OCH3 is 1. The number of hydrogen-bond acceptors (Lipinski definition) is 8. The lowest BCUT2D eigenvalue weighted by molar-refractivity contribution is -0.137. The van der Waals surface area contributed by atoms with Gasteiger partial charge in [-0.2, -0.15) is 30.0 Å². The minimum atomic E-state index is -4.52. The molecule has 13 heteroatoms. The summed E-state index contributed by atoms with van der Waals surface area (Å²) in [5.74, 6) is -0.434. The molecule has 0 spiro atoms. The fraction of sp³-hybridized carbons (Fsp3) is 0.385. The van der Waals surface area contributed by atoms with Gasteiger partial charge >= 0.3 is 12.3 Å². The van der Waals surface area contributed by atoms with Crippen LogP contribution in [-0.4, -0.2) is 54.9 Å². The van der Waals surface area contributed by atoms with Crippen LogP contribution in [0.3, 0.4) is 0 Å². The number of hydrogen-bond donors (Lipinski definition) is 2. The van der Waals surface area contributed by atoms with Crippen molar-refractivity contribution < 1.29 is 41.8 Å². The average Bonchev–Trinajstić information content (AvgIpc) is 2.85. The molecular weight excluding hydrogens is 539 g/mol. The van der Waals surface area contributed by atoms with Gasteiger partial charge in [0, 0.05) is 5.56 Å². The molecule has 0 saturated carbocycles. The van der Waals surface area contributed by atoms with Crippen molar-refractivity contribution in [1.82, 2.24) is 10.7 Å². The van der Waals surface area contributed by atoms with Crippen molar-refractivity contribution in [3.63, 3.8) is 0 Å². The number of thioether (sulfide) groups is 1. The Balaban J connectivity index is 2.05. The zero-order chi connectivity index (χ0) is 29.2. The third kappa shape index (κ3) is 10.5. The highest BCUT2D eigenvalue weighted by Crippen LogP contribution is 2.29. The van der Waals surface area contributed by atoms with E-state index < -0.39 is 41.4 Å². The lowest BCUT2D eigenvalue weighted by atomic mass is 10.1. The fourth-order valence-electron chi connectivity index (χ4n) is 3.01. The standard InChI is InChI=1S/C26H30F3N3O6S/c1-25(2,3)38-24(35)37-20-11-6-16(14-21(20)36-4)15-30-32-23(34)19(12-13-39-5)31-22(33)17-7-9-18(10-8-17)26(27,28)29/h6-11,14-15,19H,12-13H2,1-5H3,(H,31,33)(H,32,34). The van der Waals surface area contributed by atoms with E-state index in [4.69, 9.17) is 14.2 Å². The largest absolute Gasteiger partial charge is 0.514 e. The van der Waals surface area contributed by atoms with E-state index in [0.717, 1.165) is 24.3 Å². The smallest absolute Gasteiger partial charge is 0.493 e. The zero-order valence-electron chi connectivity index (χ0n) is 22.0. The number of hydrazone groups is 1. The van der Waals surface area contributed by atoms with Crippen molar-refractivity contribution in [3.05, 3.63) is 59.2 Å². The molecule has 9 nitrogen and oxygen atoms in total. The van der Waals surface area contributed by atoms with Crippen LogP contribution in [0.1, 0.15) is 48.7 Å². The van der Waals surface area contributed by atoms with E-state index in [0.29, 0.717) is 11.3 Å². The summed E-state index contributed by atoms with van der Waals surface area (Å²) in [6, 6.07) is 7.26. The van der Waals surface area contributed by atoms with Crippen LogP contribution in [0.5, 0.6) is 11.5 Å². The first-order chi connectivity index (χ1) is 18.2. The number of nitrogens with zero attached hydrogens (tertiary/aromatic N) is 1. The Kier molecular flexibility index (Phi) is 11.2. The molecule has 212 valence electrons. The second kappa shape index (κ2) is 13.9. The highest BCUT2D eigenvalue weighted by Gasteiger charge is 2.30. The predicted molar refractivity (Wildman–Crippen MR) is 141 cm³/mol. The van der Waals surface area contributed by atoms with E-state index in [-0.39, 0.29) is 23.5 Å². The van der Waals surface area contributed by atoms with Crippen molar-refractivity contribution >= 4 is 35.9 Å². The lowest BCUT2D eigenvalue weighted by Gasteiger charge is -2.19. The monoisotopic (exact) mass is 569 g/mol. The van der Waals surface area contributed by atoms with Crippen LogP contribution < -0.4 is 20.2 Å². The number of carbonyl (C=O) groups excluding carboxylic acids is 3. The third-order valence-corrected chi connectivity index (χ3v) is 5.51. The van der Waals surface area contributed by atoms with Crippen molar-refractivity contribution in [2.24, 2.45) is 5.10 Å². The summed E-state index contributed by atoms with van der Waals surface area (Å²) in [6.45, 7) is 5.10. The molecular formula is C26H30F3N3O6S. The highest BCUT2D eigenvalue weighted by atomic mass is 32.2. The fourth-order valence-corrected chi connectivity index (χ4v) is 3.49. The molecule has 1 unspecified atom stereocenters. The minimum Gasteiger partial charge on any atom is -0.493 e. The molecule has 0 aromatic heterocycles. The molecule has 0 fully saturated rings. The molecule has 2 N–H and O–H groups in total. The van der Waals surface area contributed by atoms with E-state index in [9.17, 15) is 27.6 Å². The molecule has 0 aliphatic carbocycles. The number of ether oxygens (including phenoxy) is 3. The van der Waals surface area contributed by atoms with Gasteiger partial charge in [0.2, 0.25) is 0 Å². The Morgan fingerprint density at radius 1 is 1.05 bits per heavy atom. The zero-order valence-corrected chi connectivity index (χ0v) is 22.9. The third-order valence-electron chi connectivity index (χ3n) is 4.87. The van der Waals surface area contributed by atoms with Gasteiger partial charge in [-0.1, -0.05) is 0 Å². The first kappa shape index (κ1) is 31.5. The maximum Gasteiger partial charge on any atom is 0.514 e. The Morgan fingerprint density at radius 2 is 1.72 bits per heavy atom. The number of nitrogens with one attached hydrogen (secondary N) is 2. The number of rotatable bonds is 10. The molecule has 39 heavy (non-hydrogen) atoms. The van der Waals surface area contributed by atoms with Gasteiger partial charge in [-0.05, 0) is 87.2 Å². The van der Waals surface area contributed by atoms with Gasteiger partial charge in [0.05, 0.1) is 18.9 Å². The van der Waals surface area contributed by atoms with Gasteiger partial charge in [-0.15, -0.1) is 0 Å². The number of alkyl halides is 3. The van der Waals surface area contributed by atoms with Crippen LogP contribution in [0, 0.1) is 0 Å². The number of benzene rings is 2. The average molecular weight is 570 g/mol. The lowest BCUT2D eigenvalue weighted by Crippen LogP contribution is -2.45. The van der Waals surface area contributed by atoms with Crippen molar-refractivity contribution in [1.29, 1.82) is 0 Å².